The number of sulfonamides is 1. The molecule has 1 atom stereocenters. The standard InChI is InChI=1S/C17H27NO3S/c1-10-11(2)13(4)16(14(5)12(10)3)22(20,21)18-9-17(6,19)15-7-8-15/h15,18-19H,7-9H2,1-6H3. The molecule has 22 heavy (non-hydrogen) atoms. The molecule has 0 spiro atoms. The van der Waals surface area contributed by atoms with Crippen molar-refractivity contribution in [2.45, 2.75) is 64.9 Å². The summed E-state index contributed by atoms with van der Waals surface area (Å²) in [5, 5.41) is 10.3. The van der Waals surface area contributed by atoms with Gasteiger partial charge in [-0.05, 0) is 88.1 Å². The van der Waals surface area contributed by atoms with Crippen LogP contribution in [0, 0.1) is 40.5 Å². The van der Waals surface area contributed by atoms with Gasteiger partial charge in [-0.1, -0.05) is 0 Å². The van der Waals surface area contributed by atoms with Crippen LogP contribution in [0.4, 0.5) is 0 Å². The SMILES string of the molecule is Cc1c(C)c(C)c(S(=O)(=O)NCC(C)(O)C2CC2)c(C)c1C. The molecule has 0 radical (unpaired) electrons. The van der Waals surface area contributed by atoms with E-state index in [4.69, 9.17) is 0 Å². The van der Waals surface area contributed by atoms with Gasteiger partial charge < -0.3 is 5.11 Å². The molecule has 124 valence electrons. The molecule has 1 fully saturated rings. The lowest BCUT2D eigenvalue weighted by Crippen LogP contribution is -2.42. The van der Waals surface area contributed by atoms with Crippen molar-refractivity contribution in [3.63, 3.8) is 0 Å². The molecule has 2 N–H and O–H groups in total. The van der Waals surface area contributed by atoms with E-state index >= 15 is 0 Å². The van der Waals surface area contributed by atoms with Crippen LogP contribution in [-0.4, -0.2) is 25.7 Å². The average Bonchev–Trinajstić information content (AvgIpc) is 3.26. The van der Waals surface area contributed by atoms with Gasteiger partial charge in [0.25, 0.3) is 0 Å². The highest BCUT2D eigenvalue weighted by Gasteiger charge is 2.40. The van der Waals surface area contributed by atoms with Crippen LogP contribution in [-0.2, 0) is 10.0 Å². The minimum absolute atomic E-state index is 0.0604. The lowest BCUT2D eigenvalue weighted by Gasteiger charge is -2.25. The minimum atomic E-state index is -3.63. The highest BCUT2D eigenvalue weighted by Crippen LogP contribution is 2.39. The Labute approximate surface area is 134 Å². The smallest absolute Gasteiger partial charge is 0.241 e. The zero-order valence-corrected chi connectivity index (χ0v) is 15.2. The number of aliphatic hydroxyl groups is 1. The van der Waals surface area contributed by atoms with E-state index in [1.54, 1.807) is 6.92 Å². The maximum Gasteiger partial charge on any atom is 0.241 e. The fourth-order valence-corrected chi connectivity index (χ4v) is 4.77. The molecule has 1 aromatic rings. The highest BCUT2D eigenvalue weighted by atomic mass is 32.2. The Kier molecular flexibility index (Phi) is 4.46. The molecule has 0 amide bonds. The Balaban J connectivity index is 2.38. The van der Waals surface area contributed by atoms with Crippen LogP contribution in [0.5, 0.6) is 0 Å². The highest BCUT2D eigenvalue weighted by molar-refractivity contribution is 7.89. The summed E-state index contributed by atoms with van der Waals surface area (Å²) in [6.45, 7) is 11.4. The molecule has 5 heteroatoms. The van der Waals surface area contributed by atoms with Crippen molar-refractivity contribution in [2.75, 3.05) is 6.54 Å². The summed E-state index contributed by atoms with van der Waals surface area (Å²) in [5.74, 6) is 0.207. The normalized spacial score (nSPS) is 18.3. The molecule has 0 aromatic heterocycles. The molecule has 1 unspecified atom stereocenters. The van der Waals surface area contributed by atoms with Crippen molar-refractivity contribution in [3.05, 3.63) is 27.8 Å². The summed E-state index contributed by atoms with van der Waals surface area (Å²) in [4.78, 5) is 0.361. The molecule has 4 nitrogen and oxygen atoms in total. The molecule has 1 aliphatic rings. The third kappa shape index (κ3) is 3.07. The zero-order valence-electron chi connectivity index (χ0n) is 14.4. The summed E-state index contributed by atoms with van der Waals surface area (Å²) < 4.78 is 28.1. The number of nitrogens with one attached hydrogen (secondary N) is 1. The molecule has 0 aliphatic heterocycles. The summed E-state index contributed by atoms with van der Waals surface area (Å²) in [5.41, 5.74) is 3.77. The van der Waals surface area contributed by atoms with Crippen LogP contribution in [0.2, 0.25) is 0 Å². The van der Waals surface area contributed by atoms with Gasteiger partial charge in [-0.25, -0.2) is 13.1 Å². The molecule has 2 rings (SSSR count). The maximum absolute atomic E-state index is 12.8. The fraction of sp³-hybridized carbons (Fsp3) is 0.647. The van der Waals surface area contributed by atoms with Gasteiger partial charge in [0.15, 0.2) is 0 Å². The van der Waals surface area contributed by atoms with Crippen molar-refractivity contribution >= 4 is 10.0 Å². The summed E-state index contributed by atoms with van der Waals surface area (Å²) >= 11 is 0. The van der Waals surface area contributed by atoms with Gasteiger partial charge in [-0.3, -0.25) is 0 Å². The molecule has 0 saturated heterocycles. The van der Waals surface area contributed by atoms with E-state index in [-0.39, 0.29) is 12.5 Å². The third-order valence-corrected chi connectivity index (χ3v) is 6.95. The maximum atomic E-state index is 12.8. The van der Waals surface area contributed by atoms with Crippen molar-refractivity contribution in [1.82, 2.24) is 4.72 Å². The zero-order chi connectivity index (χ0) is 16.9. The molecular weight excluding hydrogens is 298 g/mol. The van der Waals surface area contributed by atoms with Crippen molar-refractivity contribution in [2.24, 2.45) is 5.92 Å². The molecular formula is C17H27NO3S. The monoisotopic (exact) mass is 325 g/mol. The minimum Gasteiger partial charge on any atom is -0.389 e. The lowest BCUT2D eigenvalue weighted by atomic mass is 9.95. The number of rotatable bonds is 5. The van der Waals surface area contributed by atoms with Crippen LogP contribution in [0.15, 0.2) is 4.90 Å². The third-order valence-electron chi connectivity index (χ3n) is 5.28. The Morgan fingerprint density at radius 3 is 1.82 bits per heavy atom. The van der Waals surface area contributed by atoms with Crippen molar-refractivity contribution in [1.29, 1.82) is 0 Å². The second kappa shape index (κ2) is 5.62. The number of hydrogen-bond acceptors (Lipinski definition) is 3. The van der Waals surface area contributed by atoms with Gasteiger partial charge >= 0.3 is 0 Å². The first-order valence-corrected chi connectivity index (χ1v) is 9.26. The number of hydrogen-bond donors (Lipinski definition) is 2. The van der Waals surface area contributed by atoms with Crippen LogP contribution < -0.4 is 4.72 Å². The Hall–Kier alpha value is -0.910. The predicted octanol–water partition coefficient (Wildman–Crippen LogP) is 2.67. The first-order valence-electron chi connectivity index (χ1n) is 7.78. The Morgan fingerprint density at radius 1 is 1.00 bits per heavy atom. The largest absolute Gasteiger partial charge is 0.389 e. The summed E-state index contributed by atoms with van der Waals surface area (Å²) in [6.07, 6.45) is 1.94. The molecule has 1 saturated carbocycles. The van der Waals surface area contributed by atoms with Gasteiger partial charge in [-0.15, -0.1) is 0 Å². The molecule has 1 aromatic carbocycles. The molecule has 0 bridgehead atoms. The van der Waals surface area contributed by atoms with E-state index in [1.807, 2.05) is 34.6 Å². The van der Waals surface area contributed by atoms with Crippen molar-refractivity contribution in [3.8, 4) is 0 Å². The van der Waals surface area contributed by atoms with E-state index in [1.165, 1.54) is 0 Å². The second-order valence-electron chi connectivity index (χ2n) is 6.91. The average molecular weight is 325 g/mol. The first kappa shape index (κ1) is 17.4. The van der Waals surface area contributed by atoms with Crippen molar-refractivity contribution < 1.29 is 13.5 Å². The second-order valence-corrected chi connectivity index (χ2v) is 8.61. The van der Waals surface area contributed by atoms with Gasteiger partial charge in [0.1, 0.15) is 0 Å². The Bertz CT molecular complexity index is 672. The van der Waals surface area contributed by atoms with Gasteiger partial charge in [0.2, 0.25) is 10.0 Å². The van der Waals surface area contributed by atoms with E-state index in [0.29, 0.717) is 4.90 Å². The van der Waals surface area contributed by atoms with Gasteiger partial charge in [-0.2, -0.15) is 0 Å². The number of benzene rings is 1. The molecule has 0 heterocycles. The Morgan fingerprint density at radius 2 is 1.41 bits per heavy atom. The first-order chi connectivity index (χ1) is 9.99. The summed E-state index contributed by atoms with van der Waals surface area (Å²) in [6, 6.07) is 0. The van der Waals surface area contributed by atoms with Gasteiger partial charge in [0, 0.05) is 6.54 Å². The van der Waals surface area contributed by atoms with Crippen LogP contribution in [0.3, 0.4) is 0 Å². The lowest BCUT2D eigenvalue weighted by molar-refractivity contribution is 0.0422. The predicted molar refractivity (Wildman–Crippen MR) is 88.7 cm³/mol. The van der Waals surface area contributed by atoms with Crippen LogP contribution in [0.25, 0.3) is 0 Å². The van der Waals surface area contributed by atoms with E-state index in [9.17, 15) is 13.5 Å². The topological polar surface area (TPSA) is 66.4 Å². The van der Waals surface area contributed by atoms with E-state index in [2.05, 4.69) is 4.72 Å². The van der Waals surface area contributed by atoms with Gasteiger partial charge in [0.05, 0.1) is 10.5 Å². The summed E-state index contributed by atoms with van der Waals surface area (Å²) in [7, 11) is -3.63. The van der Waals surface area contributed by atoms with Crippen LogP contribution in [0.1, 0.15) is 47.6 Å². The fourth-order valence-electron chi connectivity index (χ4n) is 3.03. The molecule has 1 aliphatic carbocycles. The quantitative estimate of drug-likeness (QED) is 0.874. The van der Waals surface area contributed by atoms with E-state index < -0.39 is 15.6 Å². The van der Waals surface area contributed by atoms with E-state index in [0.717, 1.165) is 40.7 Å². The van der Waals surface area contributed by atoms with Crippen LogP contribution >= 0.6 is 0 Å².